The second-order valence-corrected chi connectivity index (χ2v) is 8.44. The van der Waals surface area contributed by atoms with Crippen LogP contribution in [0.3, 0.4) is 0 Å². The second kappa shape index (κ2) is 8.64. The first-order chi connectivity index (χ1) is 14.8. The van der Waals surface area contributed by atoms with Gasteiger partial charge in [-0.3, -0.25) is 9.20 Å². The van der Waals surface area contributed by atoms with Crippen LogP contribution in [0.5, 0.6) is 5.75 Å². The molecule has 0 radical (unpaired) electrons. The largest absolute Gasteiger partial charge is 0.485 e. The average molecular weight is 462 g/mol. The summed E-state index contributed by atoms with van der Waals surface area (Å²) >= 11 is 7.45. The highest BCUT2D eigenvalue weighted by Gasteiger charge is 2.25. The van der Waals surface area contributed by atoms with Gasteiger partial charge in [0, 0.05) is 22.8 Å². The van der Waals surface area contributed by atoms with E-state index in [1.54, 1.807) is 40.9 Å². The number of pyridine rings is 1. The van der Waals surface area contributed by atoms with Crippen molar-refractivity contribution in [2.75, 3.05) is 0 Å². The lowest BCUT2D eigenvalue weighted by Gasteiger charge is -2.16. The van der Waals surface area contributed by atoms with Crippen molar-refractivity contribution in [1.29, 1.82) is 0 Å². The van der Waals surface area contributed by atoms with Gasteiger partial charge in [-0.25, -0.2) is 13.8 Å². The molecular formula is C22H18ClF2N3O2S. The van der Waals surface area contributed by atoms with Crippen LogP contribution in [0.2, 0.25) is 5.02 Å². The van der Waals surface area contributed by atoms with Crippen molar-refractivity contribution in [3.8, 4) is 16.3 Å². The normalized spacial score (nSPS) is 12.4. The molecule has 0 fully saturated rings. The molecule has 4 rings (SSSR count). The van der Waals surface area contributed by atoms with Crippen LogP contribution < -0.4 is 10.5 Å². The van der Waals surface area contributed by atoms with Gasteiger partial charge in [-0.2, -0.15) is 0 Å². The zero-order valence-electron chi connectivity index (χ0n) is 16.4. The molecule has 5 nitrogen and oxygen atoms in total. The molecule has 0 spiro atoms. The van der Waals surface area contributed by atoms with E-state index in [1.807, 2.05) is 25.1 Å². The highest BCUT2D eigenvalue weighted by Crippen LogP contribution is 2.42. The molecule has 9 heteroatoms. The number of halogens is 3. The topological polar surface area (TPSA) is 69.6 Å². The lowest BCUT2D eigenvalue weighted by Crippen LogP contribution is -2.13. The molecule has 4 aromatic rings. The number of imidazole rings is 1. The molecule has 3 aromatic heterocycles. The smallest absolute Gasteiger partial charge is 0.282 e. The molecule has 0 aliphatic heterocycles. The molecule has 1 amide bonds. The molecule has 1 atom stereocenters. The van der Waals surface area contributed by atoms with Gasteiger partial charge in [0.2, 0.25) is 5.91 Å². The number of thiophene rings is 1. The summed E-state index contributed by atoms with van der Waals surface area (Å²) in [6, 6.07) is 14.0. The molecule has 0 saturated carbocycles. The third-order valence-electron chi connectivity index (χ3n) is 4.75. The Morgan fingerprint density at radius 3 is 2.71 bits per heavy atom. The maximum atomic E-state index is 13.8. The van der Waals surface area contributed by atoms with E-state index in [4.69, 9.17) is 22.1 Å². The number of ether oxygens (including phenoxy) is 1. The van der Waals surface area contributed by atoms with Gasteiger partial charge in [0.1, 0.15) is 23.2 Å². The zero-order chi connectivity index (χ0) is 22.1. The van der Waals surface area contributed by atoms with E-state index in [0.717, 1.165) is 5.56 Å². The number of carbonyl (C=O) groups excluding carboxylic acids is 1. The summed E-state index contributed by atoms with van der Waals surface area (Å²) in [4.78, 5) is 16.8. The van der Waals surface area contributed by atoms with Crippen molar-refractivity contribution >= 4 is 34.5 Å². The minimum absolute atomic E-state index is 0.0734. The third-order valence-corrected chi connectivity index (χ3v) is 6.22. The maximum Gasteiger partial charge on any atom is 0.282 e. The van der Waals surface area contributed by atoms with Gasteiger partial charge in [0.25, 0.3) is 6.43 Å². The van der Waals surface area contributed by atoms with Gasteiger partial charge in [-0.05, 0) is 25.1 Å². The first-order valence-corrected chi connectivity index (χ1v) is 10.6. The number of amides is 1. The van der Waals surface area contributed by atoms with Gasteiger partial charge in [-0.1, -0.05) is 35.9 Å². The Morgan fingerprint density at radius 2 is 2.00 bits per heavy atom. The first-order valence-electron chi connectivity index (χ1n) is 9.42. The number of nitrogens with zero attached hydrogens (tertiary/aromatic N) is 2. The number of rotatable bonds is 7. The molecule has 1 unspecified atom stereocenters. The number of hydrogen-bond acceptors (Lipinski definition) is 4. The number of nitrogens with two attached hydrogens (primary N) is 1. The van der Waals surface area contributed by atoms with Crippen LogP contribution in [0.25, 0.3) is 16.2 Å². The van der Waals surface area contributed by atoms with Crippen LogP contribution in [0.4, 0.5) is 8.78 Å². The lowest BCUT2D eigenvalue weighted by atomic mass is 10.1. The molecule has 0 aliphatic carbocycles. The van der Waals surface area contributed by atoms with E-state index in [-0.39, 0.29) is 17.8 Å². The minimum atomic E-state index is -2.76. The number of hydrogen-bond donors (Lipinski definition) is 1. The van der Waals surface area contributed by atoms with Gasteiger partial charge in [-0.15, -0.1) is 11.3 Å². The van der Waals surface area contributed by atoms with Crippen LogP contribution in [0.1, 0.15) is 35.6 Å². The molecule has 31 heavy (non-hydrogen) atoms. The Morgan fingerprint density at radius 1 is 1.26 bits per heavy atom. The molecule has 1 aromatic carbocycles. The predicted molar refractivity (Wildman–Crippen MR) is 117 cm³/mol. The number of alkyl halides is 2. The fourth-order valence-corrected chi connectivity index (χ4v) is 4.82. The number of benzene rings is 1. The summed E-state index contributed by atoms with van der Waals surface area (Å²) in [5.74, 6) is -0.145. The standard InChI is InChI=1S/C22H18ClF2N3O2S/c1-12(13-6-2-3-7-14(13)23)30-15-10-17(31-16(15)11-18(26)29)21-20(22(24)25)27-19-8-4-5-9-28(19)21/h2-10,12,22H,11H2,1H3,(H2,26,29). The Labute approximate surface area is 186 Å². The maximum absolute atomic E-state index is 13.8. The highest BCUT2D eigenvalue weighted by atomic mass is 35.5. The van der Waals surface area contributed by atoms with Gasteiger partial charge >= 0.3 is 0 Å². The van der Waals surface area contributed by atoms with E-state index in [0.29, 0.717) is 26.2 Å². The van der Waals surface area contributed by atoms with Crippen molar-refractivity contribution in [3.05, 3.63) is 75.9 Å². The molecule has 0 aliphatic rings. The Hall–Kier alpha value is -2.97. The van der Waals surface area contributed by atoms with Crippen LogP contribution in [-0.2, 0) is 11.2 Å². The lowest BCUT2D eigenvalue weighted by molar-refractivity contribution is -0.117. The average Bonchev–Trinajstić information content (AvgIpc) is 3.29. The predicted octanol–water partition coefficient (Wildman–Crippen LogP) is 5.82. The molecule has 160 valence electrons. The van der Waals surface area contributed by atoms with Crippen LogP contribution in [0.15, 0.2) is 54.7 Å². The van der Waals surface area contributed by atoms with Crippen molar-refractivity contribution in [2.45, 2.75) is 25.9 Å². The summed E-state index contributed by atoms with van der Waals surface area (Å²) in [5, 5.41) is 0.545. The summed E-state index contributed by atoms with van der Waals surface area (Å²) in [7, 11) is 0. The third kappa shape index (κ3) is 4.26. The van der Waals surface area contributed by atoms with Crippen molar-refractivity contribution in [2.24, 2.45) is 5.73 Å². The highest BCUT2D eigenvalue weighted by molar-refractivity contribution is 7.16. The van der Waals surface area contributed by atoms with E-state index in [9.17, 15) is 13.6 Å². The van der Waals surface area contributed by atoms with E-state index < -0.39 is 18.4 Å². The first kappa shape index (κ1) is 21.3. The van der Waals surface area contributed by atoms with Gasteiger partial charge < -0.3 is 10.5 Å². The van der Waals surface area contributed by atoms with Crippen LogP contribution >= 0.6 is 22.9 Å². The molecular weight excluding hydrogens is 444 g/mol. The Kier molecular flexibility index (Phi) is 5.93. The van der Waals surface area contributed by atoms with E-state index >= 15 is 0 Å². The molecule has 0 saturated heterocycles. The number of fused-ring (bicyclic) bond motifs is 1. The summed E-state index contributed by atoms with van der Waals surface area (Å²) in [6.45, 7) is 1.82. The molecule has 3 heterocycles. The van der Waals surface area contributed by atoms with Crippen LogP contribution in [-0.4, -0.2) is 15.3 Å². The fourth-order valence-electron chi connectivity index (χ4n) is 3.38. The zero-order valence-corrected chi connectivity index (χ0v) is 18.0. The summed E-state index contributed by atoms with van der Waals surface area (Å²) in [5.41, 5.74) is 6.52. The fraction of sp³-hybridized carbons (Fsp3) is 0.182. The van der Waals surface area contributed by atoms with E-state index in [1.165, 1.54) is 11.3 Å². The quantitative estimate of drug-likeness (QED) is 0.377. The summed E-state index contributed by atoms with van der Waals surface area (Å²) in [6.07, 6.45) is -1.59. The van der Waals surface area contributed by atoms with Crippen molar-refractivity contribution in [3.63, 3.8) is 0 Å². The summed E-state index contributed by atoms with van der Waals surface area (Å²) < 4.78 is 35.2. The van der Waals surface area contributed by atoms with E-state index in [2.05, 4.69) is 4.98 Å². The number of aromatic nitrogens is 2. The molecule has 0 bridgehead atoms. The van der Waals surface area contributed by atoms with Crippen LogP contribution in [0, 0.1) is 0 Å². The Bertz CT molecular complexity index is 1250. The number of carbonyl (C=O) groups is 1. The molecule has 2 N–H and O–H groups in total. The minimum Gasteiger partial charge on any atom is -0.485 e. The van der Waals surface area contributed by atoms with Gasteiger partial charge in [0.05, 0.1) is 21.9 Å². The van der Waals surface area contributed by atoms with Gasteiger partial charge in [0.15, 0.2) is 0 Å². The number of primary amides is 1. The monoisotopic (exact) mass is 461 g/mol. The SMILES string of the molecule is CC(Oc1cc(-c2c(C(F)F)nc3ccccn23)sc1CC(N)=O)c1ccccc1Cl. The second-order valence-electron chi connectivity index (χ2n) is 6.90. The van der Waals surface area contributed by atoms with Crippen molar-refractivity contribution in [1.82, 2.24) is 9.38 Å². The Balaban J connectivity index is 1.80. The van der Waals surface area contributed by atoms with Crippen molar-refractivity contribution < 1.29 is 18.3 Å².